The second-order valence-corrected chi connectivity index (χ2v) is 5.96. The fourth-order valence-electron chi connectivity index (χ4n) is 2.47. The summed E-state index contributed by atoms with van der Waals surface area (Å²) in [6.45, 7) is 6.22. The Morgan fingerprint density at radius 3 is 1.95 bits per heavy atom. The Hall–Kier alpha value is -1.56. The lowest BCUT2D eigenvalue weighted by atomic mass is 10.3. The largest absolute Gasteiger partial charge is 0.378 e. The van der Waals surface area contributed by atoms with Gasteiger partial charge in [-0.3, -0.25) is 0 Å². The molecule has 0 unspecified atom stereocenters. The molecule has 2 aliphatic rings. The van der Waals surface area contributed by atoms with Crippen LogP contribution in [0.25, 0.3) is 0 Å². The van der Waals surface area contributed by atoms with Crippen LogP contribution < -0.4 is 9.80 Å². The number of rotatable bonds is 4. The van der Waals surface area contributed by atoms with Gasteiger partial charge in [-0.2, -0.15) is 5.26 Å². The molecular formula is C14H19N5O2S. The van der Waals surface area contributed by atoms with Gasteiger partial charge in [-0.15, -0.1) is 0 Å². The molecule has 2 fully saturated rings. The van der Waals surface area contributed by atoms with E-state index < -0.39 is 0 Å². The van der Waals surface area contributed by atoms with Gasteiger partial charge in [-0.25, -0.2) is 9.97 Å². The van der Waals surface area contributed by atoms with Gasteiger partial charge in [0.05, 0.1) is 38.2 Å². The smallest absolute Gasteiger partial charge is 0.192 e. The van der Waals surface area contributed by atoms with Crippen LogP contribution in [0.5, 0.6) is 0 Å². The van der Waals surface area contributed by atoms with Crippen molar-refractivity contribution in [1.82, 2.24) is 9.97 Å². The van der Waals surface area contributed by atoms with Gasteiger partial charge in [-0.1, -0.05) is 11.8 Å². The molecule has 2 aliphatic heterocycles. The van der Waals surface area contributed by atoms with Crippen molar-refractivity contribution < 1.29 is 9.47 Å². The molecule has 0 radical (unpaired) electrons. The third kappa shape index (κ3) is 3.80. The van der Waals surface area contributed by atoms with Crippen LogP contribution in [-0.2, 0) is 9.47 Å². The van der Waals surface area contributed by atoms with Gasteiger partial charge in [0, 0.05) is 32.2 Å². The van der Waals surface area contributed by atoms with Crippen LogP contribution in [0.3, 0.4) is 0 Å². The molecule has 118 valence electrons. The zero-order valence-electron chi connectivity index (χ0n) is 12.4. The zero-order valence-corrected chi connectivity index (χ0v) is 13.2. The van der Waals surface area contributed by atoms with E-state index in [0.29, 0.717) is 10.9 Å². The van der Waals surface area contributed by atoms with E-state index in [2.05, 4.69) is 25.8 Å². The van der Waals surface area contributed by atoms with E-state index in [1.54, 1.807) is 0 Å². The van der Waals surface area contributed by atoms with Gasteiger partial charge in [0.1, 0.15) is 11.6 Å². The zero-order chi connectivity index (χ0) is 15.2. The number of thioether (sulfide) groups is 1. The van der Waals surface area contributed by atoms with Crippen LogP contribution in [0, 0.1) is 11.3 Å². The summed E-state index contributed by atoms with van der Waals surface area (Å²) in [5, 5.41) is 9.44. The van der Waals surface area contributed by atoms with E-state index in [1.807, 2.05) is 6.07 Å². The van der Waals surface area contributed by atoms with Crippen LogP contribution in [0.4, 0.5) is 11.6 Å². The molecule has 3 rings (SSSR count). The molecule has 1 aromatic heterocycles. The van der Waals surface area contributed by atoms with Gasteiger partial charge < -0.3 is 19.3 Å². The van der Waals surface area contributed by atoms with E-state index in [9.17, 15) is 0 Å². The third-order valence-corrected chi connectivity index (χ3v) is 4.33. The summed E-state index contributed by atoms with van der Waals surface area (Å²) in [6, 6.07) is 4.16. The quantitative estimate of drug-likeness (QED) is 0.594. The third-order valence-electron chi connectivity index (χ3n) is 3.61. The highest BCUT2D eigenvalue weighted by Gasteiger charge is 2.19. The fourth-order valence-corrected chi connectivity index (χ4v) is 2.98. The molecule has 0 saturated carbocycles. The number of hydrogen-bond acceptors (Lipinski definition) is 8. The molecule has 3 heterocycles. The summed E-state index contributed by atoms with van der Waals surface area (Å²) in [6.07, 6.45) is 0. The highest BCUT2D eigenvalue weighted by molar-refractivity contribution is 7.99. The highest BCUT2D eigenvalue weighted by Crippen LogP contribution is 2.25. The van der Waals surface area contributed by atoms with Gasteiger partial charge in [0.2, 0.25) is 0 Å². The SMILES string of the molecule is N#CCSc1nc(N2CCOCC2)cc(N2CCOCC2)n1. The van der Waals surface area contributed by atoms with Crippen molar-refractivity contribution in [3.8, 4) is 6.07 Å². The minimum atomic E-state index is 0.356. The van der Waals surface area contributed by atoms with Gasteiger partial charge in [0.15, 0.2) is 5.16 Å². The number of aromatic nitrogens is 2. The lowest BCUT2D eigenvalue weighted by Gasteiger charge is -2.31. The number of anilines is 2. The first-order chi connectivity index (χ1) is 10.9. The van der Waals surface area contributed by atoms with Crippen LogP contribution in [0.1, 0.15) is 0 Å². The highest BCUT2D eigenvalue weighted by atomic mass is 32.2. The van der Waals surface area contributed by atoms with Crippen molar-refractivity contribution in [2.45, 2.75) is 5.16 Å². The predicted octanol–water partition coefficient (Wildman–Crippen LogP) is 0.765. The molecule has 22 heavy (non-hydrogen) atoms. The monoisotopic (exact) mass is 321 g/mol. The first-order valence-corrected chi connectivity index (χ1v) is 8.39. The minimum absolute atomic E-state index is 0.356. The number of hydrogen-bond donors (Lipinski definition) is 0. The number of ether oxygens (including phenoxy) is 2. The maximum absolute atomic E-state index is 8.78. The average Bonchev–Trinajstić information content (AvgIpc) is 2.61. The lowest BCUT2D eigenvalue weighted by Crippen LogP contribution is -2.38. The summed E-state index contributed by atoms with van der Waals surface area (Å²) in [4.78, 5) is 13.6. The van der Waals surface area contributed by atoms with Crippen LogP contribution in [-0.4, -0.2) is 68.3 Å². The first-order valence-electron chi connectivity index (χ1n) is 7.41. The number of morpholine rings is 2. The fraction of sp³-hybridized carbons (Fsp3) is 0.643. The summed E-state index contributed by atoms with van der Waals surface area (Å²) >= 11 is 1.38. The van der Waals surface area contributed by atoms with Crippen molar-refractivity contribution in [1.29, 1.82) is 5.26 Å². The first kappa shape index (κ1) is 15.3. The van der Waals surface area contributed by atoms with Crippen LogP contribution in [0.15, 0.2) is 11.2 Å². The van der Waals surface area contributed by atoms with E-state index in [4.69, 9.17) is 14.7 Å². The van der Waals surface area contributed by atoms with E-state index in [1.165, 1.54) is 11.8 Å². The minimum Gasteiger partial charge on any atom is -0.378 e. The standard InChI is InChI=1S/C14H19N5O2S/c15-1-10-22-14-16-12(18-2-6-20-7-3-18)11-13(17-14)19-4-8-21-9-5-19/h11H,2-10H2. The number of nitriles is 1. The summed E-state index contributed by atoms with van der Waals surface area (Å²) in [5.41, 5.74) is 0. The summed E-state index contributed by atoms with van der Waals surface area (Å²) < 4.78 is 10.8. The Labute approximate surface area is 134 Å². The Morgan fingerprint density at radius 2 is 1.50 bits per heavy atom. The molecule has 0 spiro atoms. The van der Waals surface area contributed by atoms with Crippen molar-refractivity contribution in [2.24, 2.45) is 0 Å². The molecule has 2 saturated heterocycles. The van der Waals surface area contributed by atoms with Crippen molar-refractivity contribution >= 4 is 23.4 Å². The molecule has 0 aromatic carbocycles. The average molecular weight is 321 g/mol. The maximum atomic E-state index is 8.78. The van der Waals surface area contributed by atoms with Crippen LogP contribution in [0.2, 0.25) is 0 Å². The molecule has 1 aromatic rings. The molecular weight excluding hydrogens is 302 g/mol. The van der Waals surface area contributed by atoms with E-state index in [-0.39, 0.29) is 0 Å². The Bertz CT molecular complexity index is 502. The lowest BCUT2D eigenvalue weighted by molar-refractivity contribution is 0.121. The van der Waals surface area contributed by atoms with Gasteiger partial charge >= 0.3 is 0 Å². The summed E-state index contributed by atoms with van der Waals surface area (Å²) in [5.74, 6) is 2.19. The Morgan fingerprint density at radius 1 is 1.00 bits per heavy atom. The van der Waals surface area contributed by atoms with Crippen molar-refractivity contribution in [2.75, 3.05) is 68.2 Å². The number of nitrogens with zero attached hydrogens (tertiary/aromatic N) is 5. The Balaban J connectivity index is 1.85. The predicted molar refractivity (Wildman–Crippen MR) is 84.4 cm³/mol. The second kappa shape index (κ2) is 7.63. The molecule has 0 bridgehead atoms. The molecule has 0 N–H and O–H groups in total. The van der Waals surface area contributed by atoms with Crippen LogP contribution >= 0.6 is 11.8 Å². The molecule has 0 amide bonds. The van der Waals surface area contributed by atoms with E-state index >= 15 is 0 Å². The topological polar surface area (TPSA) is 74.5 Å². The maximum Gasteiger partial charge on any atom is 0.192 e. The second-order valence-electron chi connectivity index (χ2n) is 5.01. The molecule has 8 heteroatoms. The normalized spacial score (nSPS) is 19.0. The molecule has 7 nitrogen and oxygen atoms in total. The van der Waals surface area contributed by atoms with Crippen molar-refractivity contribution in [3.63, 3.8) is 0 Å². The van der Waals surface area contributed by atoms with E-state index in [0.717, 1.165) is 64.2 Å². The Kier molecular flexibility index (Phi) is 5.32. The van der Waals surface area contributed by atoms with Gasteiger partial charge in [0.25, 0.3) is 0 Å². The molecule has 0 atom stereocenters. The molecule has 0 aliphatic carbocycles. The summed E-state index contributed by atoms with van der Waals surface area (Å²) in [7, 11) is 0. The van der Waals surface area contributed by atoms with Gasteiger partial charge in [-0.05, 0) is 0 Å². The van der Waals surface area contributed by atoms with Crippen molar-refractivity contribution in [3.05, 3.63) is 6.07 Å².